The number of halogens is 3. The maximum atomic E-state index is 12.1. The van der Waals surface area contributed by atoms with Gasteiger partial charge in [0.1, 0.15) is 0 Å². The van der Waals surface area contributed by atoms with Crippen LogP contribution in [0.5, 0.6) is 17.4 Å². The maximum absolute atomic E-state index is 12.1. The van der Waals surface area contributed by atoms with Crippen LogP contribution in [-0.4, -0.2) is 36.1 Å². The van der Waals surface area contributed by atoms with E-state index in [1.807, 2.05) is 0 Å². The van der Waals surface area contributed by atoms with Crippen molar-refractivity contribution in [1.82, 2.24) is 4.98 Å². The first-order valence-corrected chi connectivity index (χ1v) is 4.99. The number of esters is 1. The molecule has 1 heterocycles. The molecule has 0 aromatic carbocycles. The molecule has 0 unspecified atom stereocenters. The van der Waals surface area contributed by atoms with Crippen molar-refractivity contribution in [3.8, 4) is 17.4 Å². The number of hydrogen-bond donors (Lipinski definition) is 1. The van der Waals surface area contributed by atoms with Crippen LogP contribution in [0.15, 0.2) is 6.20 Å². The number of aromatic nitrogens is 1. The smallest absolute Gasteiger partial charge is 0.505 e. The van der Waals surface area contributed by atoms with Crippen LogP contribution in [0.4, 0.5) is 13.2 Å². The van der Waals surface area contributed by atoms with Gasteiger partial charge in [-0.05, 0) is 6.92 Å². The third-order valence-corrected chi connectivity index (χ3v) is 1.88. The predicted molar refractivity (Wildman–Crippen MR) is 55.1 cm³/mol. The quantitative estimate of drug-likeness (QED) is 0.849. The highest BCUT2D eigenvalue weighted by Crippen LogP contribution is 2.37. The zero-order valence-corrected chi connectivity index (χ0v) is 9.95. The number of aromatic hydroxyl groups is 1. The molecule has 6 nitrogen and oxygen atoms in total. The SMILES string of the molecule is CCOC(=O)c1c(O)cnc(OC(F)(F)F)c1OC. The summed E-state index contributed by atoms with van der Waals surface area (Å²) in [6, 6.07) is 0. The number of alkyl halides is 3. The molecule has 0 atom stereocenters. The number of nitrogens with zero attached hydrogens (tertiary/aromatic N) is 1. The number of carbonyl (C=O) groups excluding carboxylic acids is 1. The Morgan fingerprint density at radius 1 is 1.47 bits per heavy atom. The van der Waals surface area contributed by atoms with Crippen molar-refractivity contribution in [1.29, 1.82) is 0 Å². The summed E-state index contributed by atoms with van der Waals surface area (Å²) in [7, 11) is 1.00. The number of ether oxygens (including phenoxy) is 3. The topological polar surface area (TPSA) is 77.9 Å². The van der Waals surface area contributed by atoms with E-state index in [-0.39, 0.29) is 6.61 Å². The fourth-order valence-electron chi connectivity index (χ4n) is 1.24. The van der Waals surface area contributed by atoms with Gasteiger partial charge in [-0.25, -0.2) is 9.78 Å². The molecule has 1 rings (SSSR count). The van der Waals surface area contributed by atoms with Gasteiger partial charge in [-0.2, -0.15) is 0 Å². The molecule has 0 radical (unpaired) electrons. The number of carbonyl (C=O) groups is 1. The fraction of sp³-hybridized carbons (Fsp3) is 0.400. The van der Waals surface area contributed by atoms with Gasteiger partial charge in [0, 0.05) is 0 Å². The van der Waals surface area contributed by atoms with Gasteiger partial charge in [-0.15, -0.1) is 13.2 Å². The number of hydrogen-bond acceptors (Lipinski definition) is 6. The molecule has 0 saturated carbocycles. The lowest BCUT2D eigenvalue weighted by molar-refractivity contribution is -0.276. The van der Waals surface area contributed by atoms with Crippen molar-refractivity contribution in [3.05, 3.63) is 11.8 Å². The van der Waals surface area contributed by atoms with Gasteiger partial charge in [0.25, 0.3) is 5.88 Å². The Bertz CT molecular complexity index is 475. The van der Waals surface area contributed by atoms with E-state index in [1.54, 1.807) is 0 Å². The molecule has 0 amide bonds. The second-order valence-electron chi connectivity index (χ2n) is 3.13. The molecule has 106 valence electrons. The Kier molecular flexibility index (Phi) is 4.41. The Morgan fingerprint density at radius 3 is 2.58 bits per heavy atom. The molecule has 0 aliphatic rings. The summed E-state index contributed by atoms with van der Waals surface area (Å²) in [6.07, 6.45) is -4.38. The van der Waals surface area contributed by atoms with E-state index in [4.69, 9.17) is 0 Å². The van der Waals surface area contributed by atoms with E-state index in [0.29, 0.717) is 6.20 Å². The van der Waals surface area contributed by atoms with E-state index >= 15 is 0 Å². The van der Waals surface area contributed by atoms with E-state index in [1.165, 1.54) is 6.92 Å². The minimum Gasteiger partial charge on any atom is -0.505 e. The van der Waals surface area contributed by atoms with Gasteiger partial charge in [-0.1, -0.05) is 0 Å². The molecule has 1 N–H and O–H groups in total. The third-order valence-electron chi connectivity index (χ3n) is 1.88. The first-order chi connectivity index (χ1) is 8.80. The molecule has 19 heavy (non-hydrogen) atoms. The largest absolute Gasteiger partial charge is 0.574 e. The monoisotopic (exact) mass is 281 g/mol. The molecular weight excluding hydrogens is 271 g/mol. The van der Waals surface area contributed by atoms with Gasteiger partial charge in [-0.3, -0.25) is 0 Å². The van der Waals surface area contributed by atoms with Crippen LogP contribution in [0.1, 0.15) is 17.3 Å². The van der Waals surface area contributed by atoms with Crippen molar-refractivity contribution in [2.24, 2.45) is 0 Å². The second kappa shape index (κ2) is 5.63. The number of rotatable bonds is 4. The Morgan fingerprint density at radius 2 is 2.11 bits per heavy atom. The van der Waals surface area contributed by atoms with E-state index in [0.717, 1.165) is 7.11 Å². The average molecular weight is 281 g/mol. The minimum absolute atomic E-state index is 0.0286. The highest BCUT2D eigenvalue weighted by Gasteiger charge is 2.35. The van der Waals surface area contributed by atoms with Crippen molar-refractivity contribution < 1.29 is 37.3 Å². The molecule has 0 aliphatic carbocycles. The van der Waals surface area contributed by atoms with Gasteiger partial charge >= 0.3 is 12.3 Å². The van der Waals surface area contributed by atoms with E-state index in [9.17, 15) is 23.1 Å². The van der Waals surface area contributed by atoms with Crippen molar-refractivity contribution in [2.45, 2.75) is 13.3 Å². The van der Waals surface area contributed by atoms with Gasteiger partial charge in [0.2, 0.25) is 0 Å². The van der Waals surface area contributed by atoms with Crippen LogP contribution >= 0.6 is 0 Å². The van der Waals surface area contributed by atoms with Gasteiger partial charge in [0.05, 0.1) is 19.9 Å². The summed E-state index contributed by atoms with van der Waals surface area (Å²) in [4.78, 5) is 14.7. The first-order valence-electron chi connectivity index (χ1n) is 4.99. The highest BCUT2D eigenvalue weighted by molar-refractivity contribution is 5.96. The fourth-order valence-corrected chi connectivity index (χ4v) is 1.24. The highest BCUT2D eigenvalue weighted by atomic mass is 19.4. The molecule has 9 heteroatoms. The molecule has 1 aromatic rings. The summed E-state index contributed by atoms with van der Waals surface area (Å²) in [5.74, 6) is -3.37. The lowest BCUT2D eigenvalue weighted by Gasteiger charge is -2.14. The van der Waals surface area contributed by atoms with Crippen LogP contribution < -0.4 is 9.47 Å². The third kappa shape index (κ3) is 3.63. The van der Waals surface area contributed by atoms with Crippen molar-refractivity contribution in [3.63, 3.8) is 0 Å². The standard InChI is InChI=1S/C10H10F3NO5/c1-3-18-9(16)6-5(15)4-14-8(7(6)17-2)19-10(11,12)13/h4,15H,3H2,1-2H3. The molecular formula is C10H10F3NO5. The van der Waals surface area contributed by atoms with Gasteiger partial charge < -0.3 is 19.3 Å². The van der Waals surface area contributed by atoms with E-state index < -0.39 is 35.3 Å². The number of methoxy groups -OCH3 is 1. The van der Waals surface area contributed by atoms with Crippen molar-refractivity contribution >= 4 is 5.97 Å². The number of pyridine rings is 1. The molecule has 1 aromatic heterocycles. The Balaban J connectivity index is 3.29. The molecule has 0 bridgehead atoms. The van der Waals surface area contributed by atoms with Crippen LogP contribution in [0, 0.1) is 0 Å². The summed E-state index contributed by atoms with van der Waals surface area (Å²) < 4.78 is 49.2. The maximum Gasteiger partial charge on any atom is 0.574 e. The minimum atomic E-state index is -5.01. The first kappa shape index (κ1) is 14.9. The predicted octanol–water partition coefficient (Wildman–Crippen LogP) is 1.87. The molecule has 0 saturated heterocycles. The zero-order chi connectivity index (χ0) is 14.6. The van der Waals surface area contributed by atoms with Crippen LogP contribution in [0.25, 0.3) is 0 Å². The van der Waals surface area contributed by atoms with Crippen LogP contribution in [0.2, 0.25) is 0 Å². The lowest BCUT2D eigenvalue weighted by atomic mass is 10.2. The summed E-state index contributed by atoms with van der Waals surface area (Å²) >= 11 is 0. The second-order valence-corrected chi connectivity index (χ2v) is 3.13. The van der Waals surface area contributed by atoms with Crippen LogP contribution in [-0.2, 0) is 4.74 Å². The average Bonchev–Trinajstić information content (AvgIpc) is 2.29. The zero-order valence-electron chi connectivity index (χ0n) is 9.95. The molecule has 0 fully saturated rings. The van der Waals surface area contributed by atoms with Gasteiger partial charge in [0.15, 0.2) is 17.1 Å². The van der Waals surface area contributed by atoms with Crippen LogP contribution in [0.3, 0.4) is 0 Å². The molecule has 0 aliphatic heterocycles. The van der Waals surface area contributed by atoms with E-state index in [2.05, 4.69) is 19.2 Å². The Labute approximate surface area is 105 Å². The normalized spacial score (nSPS) is 11.0. The Hall–Kier alpha value is -2.19. The summed E-state index contributed by atoms with van der Waals surface area (Å²) in [5, 5.41) is 9.46. The molecule has 0 spiro atoms. The lowest BCUT2D eigenvalue weighted by Crippen LogP contribution is -2.19. The van der Waals surface area contributed by atoms with Crippen molar-refractivity contribution in [2.75, 3.05) is 13.7 Å². The summed E-state index contributed by atoms with van der Waals surface area (Å²) in [5.41, 5.74) is -0.585. The summed E-state index contributed by atoms with van der Waals surface area (Å²) in [6.45, 7) is 1.47.